The summed E-state index contributed by atoms with van der Waals surface area (Å²) in [6, 6.07) is 13.8. The van der Waals surface area contributed by atoms with E-state index in [0.717, 1.165) is 11.1 Å². The molecule has 7 nitrogen and oxygen atoms in total. The first kappa shape index (κ1) is 21.0. The fraction of sp³-hybridized carbons (Fsp3) is 0.286. The molecule has 2 rings (SSSR count). The van der Waals surface area contributed by atoms with Gasteiger partial charge in [-0.25, -0.2) is 4.79 Å². The second kappa shape index (κ2) is 9.03. The van der Waals surface area contributed by atoms with E-state index in [1.165, 1.54) is 0 Å². The van der Waals surface area contributed by atoms with Crippen LogP contribution in [0.3, 0.4) is 0 Å². The van der Waals surface area contributed by atoms with Crippen LogP contribution in [0, 0.1) is 6.92 Å². The van der Waals surface area contributed by atoms with Crippen LogP contribution >= 0.6 is 0 Å². The quantitative estimate of drug-likeness (QED) is 0.707. The van der Waals surface area contributed by atoms with Crippen LogP contribution in [0.5, 0.6) is 0 Å². The largest absolute Gasteiger partial charge is 0.444 e. The second-order valence-electron chi connectivity index (χ2n) is 7.28. The smallest absolute Gasteiger partial charge is 0.407 e. The molecule has 0 saturated carbocycles. The average Bonchev–Trinajstić information content (AvgIpc) is 2.63. The number of amides is 3. The van der Waals surface area contributed by atoms with E-state index >= 15 is 0 Å². The number of hydrazine groups is 1. The van der Waals surface area contributed by atoms with E-state index in [-0.39, 0.29) is 12.5 Å². The van der Waals surface area contributed by atoms with Crippen LogP contribution in [0.15, 0.2) is 48.5 Å². The highest BCUT2D eigenvalue weighted by Gasteiger charge is 2.16. The third kappa shape index (κ3) is 6.42. The van der Waals surface area contributed by atoms with Crippen LogP contribution in [0.1, 0.15) is 52.6 Å². The fourth-order valence-electron chi connectivity index (χ4n) is 2.34. The molecule has 0 aliphatic carbocycles. The standard InChI is InChI=1S/C21H25N3O4/c1-14-7-5-6-8-17(14)19(26)24-23-18(25)16-11-9-15(10-12-16)13-22-20(27)28-21(2,3)4/h5-12H,13H2,1-4H3,(H,22,27)(H,23,25)(H,24,26). The SMILES string of the molecule is Cc1ccccc1C(=O)NNC(=O)c1ccc(CNC(=O)OC(C)(C)C)cc1. The zero-order valence-corrected chi connectivity index (χ0v) is 16.5. The van der Waals surface area contributed by atoms with Gasteiger partial charge in [0.2, 0.25) is 0 Å². The number of alkyl carbamates (subject to hydrolysis) is 1. The molecule has 0 aliphatic heterocycles. The molecule has 0 radical (unpaired) electrons. The summed E-state index contributed by atoms with van der Waals surface area (Å²) in [6.45, 7) is 7.47. The summed E-state index contributed by atoms with van der Waals surface area (Å²) in [5, 5.41) is 2.65. The Labute approximate surface area is 164 Å². The molecule has 0 heterocycles. The first-order chi connectivity index (χ1) is 13.2. The minimum atomic E-state index is -0.561. The first-order valence-electron chi connectivity index (χ1n) is 8.88. The molecule has 0 spiro atoms. The Morgan fingerprint density at radius 1 is 0.893 bits per heavy atom. The molecule has 0 fully saturated rings. The molecule has 0 atom stereocenters. The van der Waals surface area contributed by atoms with Gasteiger partial charge in [-0.1, -0.05) is 30.3 Å². The minimum Gasteiger partial charge on any atom is -0.444 e. The Kier molecular flexibility index (Phi) is 6.76. The summed E-state index contributed by atoms with van der Waals surface area (Å²) >= 11 is 0. The number of hydrogen-bond donors (Lipinski definition) is 3. The number of carbonyl (C=O) groups excluding carboxylic acids is 3. The van der Waals surface area contributed by atoms with Crippen LogP contribution in [0.2, 0.25) is 0 Å². The lowest BCUT2D eigenvalue weighted by atomic mass is 10.1. The Morgan fingerprint density at radius 3 is 2.11 bits per heavy atom. The predicted molar refractivity (Wildman–Crippen MR) is 106 cm³/mol. The number of hydrogen-bond acceptors (Lipinski definition) is 4. The van der Waals surface area contributed by atoms with E-state index in [9.17, 15) is 14.4 Å². The molecular formula is C21H25N3O4. The van der Waals surface area contributed by atoms with Crippen molar-refractivity contribution in [3.63, 3.8) is 0 Å². The minimum absolute atomic E-state index is 0.279. The molecule has 28 heavy (non-hydrogen) atoms. The number of aryl methyl sites for hydroxylation is 1. The van der Waals surface area contributed by atoms with Crippen molar-refractivity contribution in [3.05, 3.63) is 70.8 Å². The zero-order chi connectivity index (χ0) is 20.7. The molecular weight excluding hydrogens is 358 g/mol. The van der Waals surface area contributed by atoms with Gasteiger partial charge in [0.25, 0.3) is 11.8 Å². The lowest BCUT2D eigenvalue weighted by Gasteiger charge is -2.19. The molecule has 0 saturated heterocycles. The van der Waals surface area contributed by atoms with Crippen molar-refractivity contribution in [2.45, 2.75) is 39.8 Å². The van der Waals surface area contributed by atoms with E-state index in [1.54, 1.807) is 57.2 Å². The molecule has 0 aromatic heterocycles. The third-order valence-corrected chi connectivity index (χ3v) is 3.73. The van der Waals surface area contributed by atoms with Gasteiger partial charge in [-0.3, -0.25) is 20.4 Å². The number of rotatable bonds is 4. The highest BCUT2D eigenvalue weighted by molar-refractivity contribution is 5.99. The first-order valence-corrected chi connectivity index (χ1v) is 8.88. The van der Waals surface area contributed by atoms with Gasteiger partial charge in [-0.2, -0.15) is 0 Å². The van der Waals surface area contributed by atoms with Crippen molar-refractivity contribution in [2.75, 3.05) is 0 Å². The Balaban J connectivity index is 1.85. The van der Waals surface area contributed by atoms with Crippen molar-refractivity contribution in [1.82, 2.24) is 16.2 Å². The van der Waals surface area contributed by atoms with Crippen molar-refractivity contribution < 1.29 is 19.1 Å². The molecule has 0 aliphatic rings. The monoisotopic (exact) mass is 383 g/mol. The normalized spacial score (nSPS) is 10.7. The maximum absolute atomic E-state index is 12.2. The molecule has 0 unspecified atom stereocenters. The van der Waals surface area contributed by atoms with Crippen molar-refractivity contribution >= 4 is 17.9 Å². The molecule has 2 aromatic rings. The molecule has 148 valence electrons. The summed E-state index contributed by atoms with van der Waals surface area (Å²) in [7, 11) is 0. The van der Waals surface area contributed by atoms with Gasteiger partial charge in [0.1, 0.15) is 5.60 Å². The maximum Gasteiger partial charge on any atom is 0.407 e. The van der Waals surface area contributed by atoms with E-state index in [1.807, 2.05) is 19.1 Å². The summed E-state index contributed by atoms with van der Waals surface area (Å²) in [6.07, 6.45) is -0.506. The van der Waals surface area contributed by atoms with Gasteiger partial charge in [0, 0.05) is 17.7 Å². The average molecular weight is 383 g/mol. The fourth-order valence-corrected chi connectivity index (χ4v) is 2.34. The van der Waals surface area contributed by atoms with E-state index < -0.39 is 17.6 Å². The molecule has 3 N–H and O–H groups in total. The summed E-state index contributed by atoms with van der Waals surface area (Å²) in [5.74, 6) is -0.821. The highest BCUT2D eigenvalue weighted by atomic mass is 16.6. The van der Waals surface area contributed by atoms with E-state index in [2.05, 4.69) is 16.2 Å². The third-order valence-electron chi connectivity index (χ3n) is 3.73. The van der Waals surface area contributed by atoms with E-state index in [4.69, 9.17) is 4.74 Å². The predicted octanol–water partition coefficient (Wildman–Crippen LogP) is 3.09. The van der Waals surface area contributed by atoms with Crippen molar-refractivity contribution in [3.8, 4) is 0 Å². The lowest BCUT2D eigenvalue weighted by molar-refractivity contribution is 0.0523. The van der Waals surface area contributed by atoms with Gasteiger partial charge in [0.05, 0.1) is 0 Å². The second-order valence-corrected chi connectivity index (χ2v) is 7.28. The van der Waals surface area contributed by atoms with Crippen molar-refractivity contribution in [2.24, 2.45) is 0 Å². The summed E-state index contributed by atoms with van der Waals surface area (Å²) in [5.41, 5.74) is 6.73. The number of ether oxygens (including phenoxy) is 1. The number of nitrogens with one attached hydrogen (secondary N) is 3. The van der Waals surface area contributed by atoms with Gasteiger partial charge in [-0.05, 0) is 57.0 Å². The van der Waals surface area contributed by atoms with Crippen LogP contribution in [0.4, 0.5) is 4.79 Å². The van der Waals surface area contributed by atoms with Crippen LogP contribution < -0.4 is 16.2 Å². The van der Waals surface area contributed by atoms with Gasteiger partial charge in [-0.15, -0.1) is 0 Å². The summed E-state index contributed by atoms with van der Waals surface area (Å²) < 4.78 is 5.17. The van der Waals surface area contributed by atoms with Crippen molar-refractivity contribution in [1.29, 1.82) is 0 Å². The lowest BCUT2D eigenvalue weighted by Crippen LogP contribution is -2.41. The molecule has 3 amide bonds. The van der Waals surface area contributed by atoms with E-state index in [0.29, 0.717) is 11.1 Å². The maximum atomic E-state index is 12.2. The summed E-state index contributed by atoms with van der Waals surface area (Å²) in [4.78, 5) is 36.0. The Morgan fingerprint density at radius 2 is 1.50 bits per heavy atom. The van der Waals surface area contributed by atoms with Crippen LogP contribution in [0.25, 0.3) is 0 Å². The number of carbonyl (C=O) groups is 3. The van der Waals surface area contributed by atoms with Gasteiger partial charge >= 0.3 is 6.09 Å². The molecule has 2 aromatic carbocycles. The zero-order valence-electron chi connectivity index (χ0n) is 16.5. The van der Waals surface area contributed by atoms with Gasteiger partial charge < -0.3 is 10.1 Å². The highest BCUT2D eigenvalue weighted by Crippen LogP contribution is 2.09. The Hall–Kier alpha value is -3.35. The topological polar surface area (TPSA) is 96.5 Å². The van der Waals surface area contributed by atoms with Crippen LogP contribution in [-0.4, -0.2) is 23.5 Å². The van der Waals surface area contributed by atoms with Crippen LogP contribution in [-0.2, 0) is 11.3 Å². The molecule has 7 heteroatoms. The molecule has 0 bridgehead atoms. The number of benzene rings is 2. The van der Waals surface area contributed by atoms with Gasteiger partial charge in [0.15, 0.2) is 0 Å². The Bertz CT molecular complexity index is 855.